The zero-order valence-electron chi connectivity index (χ0n) is 10.6. The van der Waals surface area contributed by atoms with Gasteiger partial charge in [0, 0.05) is 0 Å². The van der Waals surface area contributed by atoms with Gasteiger partial charge in [-0.2, -0.15) is 0 Å². The molecule has 18 heavy (non-hydrogen) atoms. The molecule has 4 nitrogen and oxygen atoms in total. The van der Waals surface area contributed by atoms with Crippen molar-refractivity contribution in [2.45, 2.75) is 44.1 Å². The molecule has 0 aliphatic heterocycles. The normalized spacial score (nSPS) is 41.0. The molecule has 0 saturated heterocycles. The summed E-state index contributed by atoms with van der Waals surface area (Å²) in [6, 6.07) is 0. The van der Waals surface area contributed by atoms with Crippen LogP contribution in [0.3, 0.4) is 0 Å². The van der Waals surface area contributed by atoms with Gasteiger partial charge < -0.3 is 0 Å². The van der Waals surface area contributed by atoms with E-state index in [9.17, 15) is 9.50 Å². The van der Waals surface area contributed by atoms with Gasteiger partial charge in [0.05, 0.1) is 0 Å². The Hall–Kier alpha value is -0.995. The molecule has 4 bridgehead atoms. The molecule has 0 aromatic carbocycles. The fourth-order valence-corrected chi connectivity index (χ4v) is 4.78. The summed E-state index contributed by atoms with van der Waals surface area (Å²) >= 11 is 0. The zero-order valence-corrected chi connectivity index (χ0v) is 10.6. The molecule has 96 valence electrons. The second-order valence-electron chi connectivity index (χ2n) is 6.37. The van der Waals surface area contributed by atoms with E-state index < -0.39 is 0 Å². The van der Waals surface area contributed by atoms with Crippen LogP contribution in [0.1, 0.15) is 38.5 Å². The van der Waals surface area contributed by atoms with Gasteiger partial charge in [-0.3, -0.25) is 0 Å². The first-order chi connectivity index (χ1) is 8.69. The number of nitrogens with one attached hydrogen (secondary N) is 1. The Bertz CT molecular complexity index is 359. The summed E-state index contributed by atoms with van der Waals surface area (Å²) in [6.45, 7) is 0.0838. The summed E-state index contributed by atoms with van der Waals surface area (Å²) in [5.74, 6) is 2.45. The Balaban J connectivity index is 1.63. The molecule has 0 radical (unpaired) electrons. The Morgan fingerprint density at radius 2 is 1.78 bits per heavy atom. The number of rotatable bonds is 4. The van der Waals surface area contributed by atoms with Crippen molar-refractivity contribution in [2.75, 3.05) is 6.54 Å². The standard InChI is InChI=1S/C13H19BN2O2/c17-12(7-15-8-14-18)16-13-4-9-1-10(5-13)3-11(2-9)6-13/h8-11H,1-7H2,(H,16,17). The number of amides is 1. The predicted octanol–water partition coefficient (Wildman–Crippen LogP) is 1.15. The van der Waals surface area contributed by atoms with E-state index in [4.69, 9.17) is 0 Å². The van der Waals surface area contributed by atoms with Crippen LogP contribution in [0.4, 0.5) is 0 Å². The molecular formula is C13H19BN2O2. The number of nitrogens with zero attached hydrogens (tertiary/aromatic N) is 1. The first kappa shape index (κ1) is 12.1. The average molecular weight is 246 g/mol. The molecule has 4 rings (SSSR count). The van der Waals surface area contributed by atoms with Crippen molar-refractivity contribution in [3.8, 4) is 0 Å². The summed E-state index contributed by atoms with van der Waals surface area (Å²) in [4.78, 5) is 15.6. The van der Waals surface area contributed by atoms with Crippen LogP contribution in [0.5, 0.6) is 0 Å². The van der Waals surface area contributed by atoms with Gasteiger partial charge in [0.25, 0.3) is 0 Å². The van der Waals surface area contributed by atoms with Gasteiger partial charge in [0.1, 0.15) is 0 Å². The number of aliphatic imine (C=N–C) groups is 1. The molecule has 4 saturated carbocycles. The minimum atomic E-state index is -0.0324. The molecule has 5 heteroatoms. The third-order valence-electron chi connectivity index (χ3n) is 4.84. The van der Waals surface area contributed by atoms with E-state index in [1.807, 2.05) is 0 Å². The van der Waals surface area contributed by atoms with Gasteiger partial charge in [-0.15, -0.1) is 0 Å². The molecule has 0 aromatic heterocycles. The summed E-state index contributed by atoms with van der Waals surface area (Å²) in [5.41, 5.74) is 0.0581. The molecular weight excluding hydrogens is 227 g/mol. The molecule has 1 amide bonds. The summed E-state index contributed by atoms with van der Waals surface area (Å²) in [5, 5.41) is 3.21. The Kier molecular flexibility index (Phi) is 3.08. The van der Waals surface area contributed by atoms with Crippen LogP contribution in [0.25, 0.3) is 0 Å². The fraction of sp³-hybridized carbons (Fsp3) is 0.846. The summed E-state index contributed by atoms with van der Waals surface area (Å²) < 4.78 is 10.1. The monoisotopic (exact) mass is 246 g/mol. The van der Waals surface area contributed by atoms with Gasteiger partial charge in [-0.1, -0.05) is 0 Å². The van der Waals surface area contributed by atoms with Crippen molar-refractivity contribution in [1.82, 2.24) is 5.32 Å². The van der Waals surface area contributed by atoms with Crippen LogP contribution >= 0.6 is 0 Å². The molecule has 4 aliphatic rings. The van der Waals surface area contributed by atoms with Crippen molar-refractivity contribution in [3.63, 3.8) is 0 Å². The second kappa shape index (κ2) is 4.59. The number of carbonyl (C=O) groups is 1. The molecule has 0 atom stereocenters. The first-order valence-electron chi connectivity index (χ1n) is 6.94. The van der Waals surface area contributed by atoms with Gasteiger partial charge in [-0.05, 0) is 0 Å². The van der Waals surface area contributed by atoms with E-state index in [1.54, 1.807) is 0 Å². The van der Waals surface area contributed by atoms with E-state index >= 15 is 0 Å². The van der Waals surface area contributed by atoms with E-state index in [0.29, 0.717) is 7.15 Å². The Labute approximate surface area is 108 Å². The SMILES string of the molecule is O=BC=NCC(=O)NC12CC3CC(CC(C3)C1)C2. The van der Waals surface area contributed by atoms with Crippen LogP contribution in [0.15, 0.2) is 4.99 Å². The molecule has 0 heterocycles. The quantitative estimate of drug-likeness (QED) is 0.597. The molecule has 0 aromatic rings. The van der Waals surface area contributed by atoms with Crippen molar-refractivity contribution < 1.29 is 9.50 Å². The molecule has 0 spiro atoms. The van der Waals surface area contributed by atoms with Crippen LogP contribution in [0, 0.1) is 17.8 Å². The van der Waals surface area contributed by atoms with Gasteiger partial charge in [0.2, 0.25) is 0 Å². The van der Waals surface area contributed by atoms with E-state index in [2.05, 4.69) is 10.3 Å². The third kappa shape index (κ3) is 2.27. The van der Waals surface area contributed by atoms with Gasteiger partial charge in [-0.25, -0.2) is 0 Å². The molecule has 4 aliphatic carbocycles. The first-order valence-corrected chi connectivity index (χ1v) is 6.94. The number of hydrogen-bond donors (Lipinski definition) is 1. The predicted molar refractivity (Wildman–Crippen MR) is 68.8 cm³/mol. The van der Waals surface area contributed by atoms with Crippen LogP contribution in [-0.4, -0.2) is 31.3 Å². The van der Waals surface area contributed by atoms with Crippen molar-refractivity contribution in [1.29, 1.82) is 0 Å². The fourth-order valence-electron chi connectivity index (χ4n) is 4.78. The zero-order chi connectivity index (χ0) is 12.6. The Morgan fingerprint density at radius 3 is 2.28 bits per heavy atom. The van der Waals surface area contributed by atoms with Crippen LogP contribution < -0.4 is 5.32 Å². The van der Waals surface area contributed by atoms with Crippen molar-refractivity contribution >= 4 is 19.2 Å². The third-order valence-corrected chi connectivity index (χ3v) is 4.84. The van der Waals surface area contributed by atoms with E-state index in [-0.39, 0.29) is 18.0 Å². The minimum absolute atomic E-state index is 0.0324. The summed E-state index contributed by atoms with van der Waals surface area (Å²) in [7, 11) is 0.609. The molecule has 1 N–H and O–H groups in total. The van der Waals surface area contributed by atoms with E-state index in [0.717, 1.165) is 43.1 Å². The second-order valence-corrected chi connectivity index (χ2v) is 6.37. The summed E-state index contributed by atoms with van der Waals surface area (Å²) in [6.07, 6.45) is 8.74. The maximum atomic E-state index is 11.9. The van der Waals surface area contributed by atoms with E-state index in [1.165, 1.54) is 19.3 Å². The number of hydrogen-bond acceptors (Lipinski definition) is 3. The molecule has 4 fully saturated rings. The number of carbonyl (C=O) groups excluding carboxylic acids is 1. The van der Waals surface area contributed by atoms with Gasteiger partial charge in [0.15, 0.2) is 0 Å². The average Bonchev–Trinajstić information content (AvgIpc) is 2.26. The van der Waals surface area contributed by atoms with Gasteiger partial charge >= 0.3 is 107 Å². The molecule has 0 unspecified atom stereocenters. The van der Waals surface area contributed by atoms with Crippen molar-refractivity contribution in [3.05, 3.63) is 0 Å². The van der Waals surface area contributed by atoms with Crippen LogP contribution in [0.2, 0.25) is 0 Å². The van der Waals surface area contributed by atoms with Crippen molar-refractivity contribution in [2.24, 2.45) is 22.7 Å². The van der Waals surface area contributed by atoms with Crippen LogP contribution in [-0.2, 0) is 9.50 Å². The maximum absolute atomic E-state index is 11.9. The topological polar surface area (TPSA) is 58.5 Å². The Morgan fingerprint density at radius 1 is 1.22 bits per heavy atom.